The van der Waals surface area contributed by atoms with Gasteiger partial charge in [-0.15, -0.1) is 0 Å². The Balaban J connectivity index is 1.93. The molecule has 1 heterocycles. The van der Waals surface area contributed by atoms with Gasteiger partial charge in [0.2, 0.25) is 0 Å². The van der Waals surface area contributed by atoms with Crippen molar-refractivity contribution in [2.75, 3.05) is 7.11 Å². The smallest absolute Gasteiger partial charge is 0.336 e. The van der Waals surface area contributed by atoms with Crippen LogP contribution in [0.3, 0.4) is 0 Å². The number of para-hydroxylation sites is 1. The second-order valence-electron chi connectivity index (χ2n) is 7.09. The number of ether oxygens (including phenoxy) is 1. The number of carboxylic acids is 1. The summed E-state index contributed by atoms with van der Waals surface area (Å²) in [5, 5.41) is 10.6. The standard InChI is InChI=1S/C23H21NO3/c1-14-11-16(13-15-7-9-17(27-2)10-8-15)22-19(12-14)21(23(25)26)18-5-3-4-6-20(18)24-22/h3-10,13-14H,11-12H2,1-2H3,(H,25,26)/b16-13+/t14-/m1/s1. The van der Waals surface area contributed by atoms with Crippen LogP contribution in [0.25, 0.3) is 22.6 Å². The van der Waals surface area contributed by atoms with Gasteiger partial charge in [-0.1, -0.05) is 37.3 Å². The number of pyridine rings is 1. The molecule has 4 heteroatoms. The number of aromatic nitrogens is 1. The summed E-state index contributed by atoms with van der Waals surface area (Å²) in [6, 6.07) is 15.3. The van der Waals surface area contributed by atoms with Gasteiger partial charge in [-0.3, -0.25) is 0 Å². The molecule has 4 nitrogen and oxygen atoms in total. The summed E-state index contributed by atoms with van der Waals surface area (Å²) in [5.41, 5.74) is 4.92. The average Bonchev–Trinajstić information content (AvgIpc) is 2.66. The van der Waals surface area contributed by atoms with E-state index in [0.717, 1.165) is 46.5 Å². The molecule has 136 valence electrons. The fourth-order valence-electron chi connectivity index (χ4n) is 3.88. The van der Waals surface area contributed by atoms with Gasteiger partial charge >= 0.3 is 5.97 Å². The van der Waals surface area contributed by atoms with Gasteiger partial charge in [0, 0.05) is 5.39 Å². The Morgan fingerprint density at radius 3 is 2.59 bits per heavy atom. The summed E-state index contributed by atoms with van der Waals surface area (Å²) in [4.78, 5) is 16.9. The molecule has 1 atom stereocenters. The topological polar surface area (TPSA) is 59.4 Å². The highest BCUT2D eigenvalue weighted by Crippen LogP contribution is 2.38. The number of fused-ring (bicyclic) bond motifs is 2. The number of hydrogen-bond acceptors (Lipinski definition) is 3. The fraction of sp³-hybridized carbons (Fsp3) is 0.217. The quantitative estimate of drug-likeness (QED) is 0.710. The summed E-state index contributed by atoms with van der Waals surface area (Å²) >= 11 is 0. The van der Waals surface area contributed by atoms with Crippen LogP contribution in [-0.2, 0) is 6.42 Å². The predicted molar refractivity (Wildman–Crippen MR) is 107 cm³/mol. The van der Waals surface area contributed by atoms with E-state index >= 15 is 0 Å². The second-order valence-corrected chi connectivity index (χ2v) is 7.09. The number of allylic oxidation sites excluding steroid dienone is 1. The molecule has 0 saturated heterocycles. The first-order valence-electron chi connectivity index (χ1n) is 9.06. The number of carbonyl (C=O) groups is 1. The minimum absolute atomic E-state index is 0.364. The van der Waals surface area contributed by atoms with E-state index in [2.05, 4.69) is 13.0 Å². The van der Waals surface area contributed by atoms with Crippen LogP contribution in [0.1, 0.15) is 40.5 Å². The molecule has 0 amide bonds. The zero-order chi connectivity index (χ0) is 19.0. The number of carboxylic acid groups (broad SMARTS) is 1. The molecule has 1 N–H and O–H groups in total. The molecule has 4 rings (SSSR count). The number of benzene rings is 2. The van der Waals surface area contributed by atoms with Crippen LogP contribution >= 0.6 is 0 Å². The highest BCUT2D eigenvalue weighted by atomic mass is 16.5. The predicted octanol–water partition coefficient (Wildman–Crippen LogP) is 5.06. The van der Waals surface area contributed by atoms with Crippen molar-refractivity contribution in [3.8, 4) is 5.75 Å². The van der Waals surface area contributed by atoms with E-state index in [-0.39, 0.29) is 0 Å². The largest absolute Gasteiger partial charge is 0.497 e. The van der Waals surface area contributed by atoms with Crippen molar-refractivity contribution in [1.82, 2.24) is 4.98 Å². The van der Waals surface area contributed by atoms with Crippen molar-refractivity contribution in [2.24, 2.45) is 5.92 Å². The van der Waals surface area contributed by atoms with Gasteiger partial charge in [0.25, 0.3) is 0 Å². The van der Waals surface area contributed by atoms with Crippen LogP contribution in [0.2, 0.25) is 0 Å². The van der Waals surface area contributed by atoms with Crippen LogP contribution in [0, 0.1) is 5.92 Å². The molecule has 0 fully saturated rings. The third-order valence-corrected chi connectivity index (χ3v) is 5.09. The minimum Gasteiger partial charge on any atom is -0.497 e. The van der Waals surface area contributed by atoms with Gasteiger partial charge in [-0.2, -0.15) is 0 Å². The van der Waals surface area contributed by atoms with E-state index < -0.39 is 5.97 Å². The molecule has 0 radical (unpaired) electrons. The molecule has 0 aliphatic heterocycles. The van der Waals surface area contributed by atoms with Gasteiger partial charge < -0.3 is 9.84 Å². The van der Waals surface area contributed by atoms with Crippen molar-refractivity contribution >= 4 is 28.5 Å². The lowest BCUT2D eigenvalue weighted by atomic mass is 9.80. The minimum atomic E-state index is -0.886. The normalized spacial score (nSPS) is 17.7. The SMILES string of the molecule is COc1ccc(/C=C2\C[C@@H](C)Cc3c2nc2ccccc2c3C(=O)O)cc1. The first-order valence-corrected chi connectivity index (χ1v) is 9.06. The fourth-order valence-corrected chi connectivity index (χ4v) is 3.88. The second kappa shape index (κ2) is 6.88. The molecule has 1 aliphatic rings. The Hall–Kier alpha value is -3.14. The zero-order valence-electron chi connectivity index (χ0n) is 15.4. The van der Waals surface area contributed by atoms with Crippen molar-refractivity contribution in [2.45, 2.75) is 19.8 Å². The number of rotatable bonds is 3. The van der Waals surface area contributed by atoms with Crippen molar-refractivity contribution in [1.29, 1.82) is 0 Å². The van der Waals surface area contributed by atoms with E-state index in [4.69, 9.17) is 9.72 Å². The molecule has 0 unspecified atom stereocenters. The van der Waals surface area contributed by atoms with Gasteiger partial charge in [-0.25, -0.2) is 9.78 Å². The van der Waals surface area contributed by atoms with Gasteiger partial charge in [0.15, 0.2) is 0 Å². The van der Waals surface area contributed by atoms with Gasteiger partial charge in [0.05, 0.1) is 23.9 Å². The molecule has 0 bridgehead atoms. The van der Waals surface area contributed by atoms with Gasteiger partial charge in [-0.05, 0) is 59.7 Å². The lowest BCUT2D eigenvalue weighted by Gasteiger charge is -2.26. The maximum Gasteiger partial charge on any atom is 0.336 e. The third kappa shape index (κ3) is 3.19. The Labute approximate surface area is 158 Å². The van der Waals surface area contributed by atoms with E-state index in [1.54, 1.807) is 7.11 Å². The first kappa shape index (κ1) is 17.3. The summed E-state index contributed by atoms with van der Waals surface area (Å²) in [6.07, 6.45) is 3.72. The molecule has 0 spiro atoms. The average molecular weight is 359 g/mol. The van der Waals surface area contributed by atoms with E-state index in [9.17, 15) is 9.90 Å². The molecular formula is C23H21NO3. The molecular weight excluding hydrogens is 338 g/mol. The number of aromatic carboxylic acids is 1. The Bertz CT molecular complexity index is 1050. The summed E-state index contributed by atoms with van der Waals surface area (Å²) in [7, 11) is 1.65. The zero-order valence-corrected chi connectivity index (χ0v) is 15.4. The summed E-state index contributed by atoms with van der Waals surface area (Å²) in [6.45, 7) is 2.16. The first-order chi connectivity index (χ1) is 13.1. The summed E-state index contributed by atoms with van der Waals surface area (Å²) in [5.74, 6) is 0.289. The molecule has 27 heavy (non-hydrogen) atoms. The Morgan fingerprint density at radius 2 is 1.89 bits per heavy atom. The maximum atomic E-state index is 12.1. The highest BCUT2D eigenvalue weighted by molar-refractivity contribution is 6.05. The summed E-state index contributed by atoms with van der Waals surface area (Å²) < 4.78 is 5.22. The number of methoxy groups -OCH3 is 1. The third-order valence-electron chi connectivity index (χ3n) is 5.09. The molecule has 0 saturated carbocycles. The van der Waals surface area contributed by atoms with Crippen LogP contribution < -0.4 is 4.74 Å². The monoisotopic (exact) mass is 359 g/mol. The van der Waals surface area contributed by atoms with Crippen LogP contribution in [-0.4, -0.2) is 23.2 Å². The molecule has 1 aliphatic carbocycles. The lowest BCUT2D eigenvalue weighted by molar-refractivity contribution is 0.0697. The van der Waals surface area contributed by atoms with Crippen LogP contribution in [0.5, 0.6) is 5.75 Å². The Kier molecular flexibility index (Phi) is 4.40. The van der Waals surface area contributed by atoms with Gasteiger partial charge in [0.1, 0.15) is 5.75 Å². The van der Waals surface area contributed by atoms with Crippen LogP contribution in [0.4, 0.5) is 0 Å². The molecule has 2 aromatic carbocycles. The van der Waals surface area contributed by atoms with E-state index in [0.29, 0.717) is 16.9 Å². The number of nitrogens with zero attached hydrogens (tertiary/aromatic N) is 1. The highest BCUT2D eigenvalue weighted by Gasteiger charge is 2.27. The Morgan fingerprint density at radius 1 is 1.15 bits per heavy atom. The van der Waals surface area contributed by atoms with Crippen molar-refractivity contribution in [3.63, 3.8) is 0 Å². The van der Waals surface area contributed by atoms with E-state index in [1.807, 2.05) is 48.5 Å². The molecule has 3 aromatic rings. The number of hydrogen-bond donors (Lipinski definition) is 1. The van der Waals surface area contributed by atoms with Crippen molar-refractivity contribution < 1.29 is 14.6 Å². The molecule has 1 aromatic heterocycles. The van der Waals surface area contributed by atoms with Crippen LogP contribution in [0.15, 0.2) is 48.5 Å². The lowest BCUT2D eigenvalue weighted by Crippen LogP contribution is -2.17. The maximum absolute atomic E-state index is 12.1. The van der Waals surface area contributed by atoms with Crippen molar-refractivity contribution in [3.05, 3.63) is 70.9 Å². The van der Waals surface area contributed by atoms with E-state index in [1.165, 1.54) is 0 Å².